The third kappa shape index (κ3) is 5.26. The average molecular weight is 714 g/mol. The molecule has 0 bridgehead atoms. The molecule has 2 nitrogen and oxygen atoms in total. The summed E-state index contributed by atoms with van der Waals surface area (Å²) in [4.78, 5) is 2.40. The summed E-state index contributed by atoms with van der Waals surface area (Å²) in [6.07, 6.45) is 0. The number of furan rings is 1. The zero-order valence-electron chi connectivity index (χ0n) is 30.6. The molecule has 0 N–H and O–H groups in total. The van der Waals surface area contributed by atoms with Crippen LogP contribution in [-0.4, -0.2) is 0 Å². The van der Waals surface area contributed by atoms with E-state index in [4.69, 9.17) is 4.42 Å². The van der Waals surface area contributed by atoms with Crippen LogP contribution in [0.3, 0.4) is 0 Å². The Morgan fingerprint density at radius 3 is 1.50 bits per heavy atom. The Labute approximate surface area is 325 Å². The average Bonchev–Trinajstić information content (AvgIpc) is 3.67. The van der Waals surface area contributed by atoms with Gasteiger partial charge < -0.3 is 9.32 Å². The first-order valence-electron chi connectivity index (χ1n) is 19.2. The molecule has 1 aromatic heterocycles. The summed E-state index contributed by atoms with van der Waals surface area (Å²) in [6.45, 7) is 0. The van der Waals surface area contributed by atoms with Gasteiger partial charge in [0.15, 0.2) is 0 Å². The van der Waals surface area contributed by atoms with E-state index >= 15 is 0 Å². The Kier molecular flexibility index (Phi) is 7.53. The Hall–Kier alpha value is -7.42. The summed E-state index contributed by atoms with van der Waals surface area (Å²) in [6, 6.07) is 76.3. The SMILES string of the molecule is c1ccc(-c2ccc(N(c3ccc(-c4cccc5c4oc4c6ccccc6c(-c6ccccc6)cc54)cc3)c3cc4ccccc4c4ccccc34)cc2)cc1. The lowest BCUT2D eigenvalue weighted by Crippen LogP contribution is -2.10. The van der Waals surface area contributed by atoms with E-state index in [1.807, 2.05) is 0 Å². The highest BCUT2D eigenvalue weighted by Crippen LogP contribution is 2.45. The number of benzene rings is 10. The van der Waals surface area contributed by atoms with Crippen molar-refractivity contribution in [2.75, 3.05) is 4.90 Å². The van der Waals surface area contributed by atoms with E-state index in [-0.39, 0.29) is 0 Å². The first-order chi connectivity index (χ1) is 27.8. The molecule has 10 aromatic carbocycles. The molecule has 0 aliphatic heterocycles. The van der Waals surface area contributed by atoms with Gasteiger partial charge >= 0.3 is 0 Å². The maximum atomic E-state index is 6.88. The summed E-state index contributed by atoms with van der Waals surface area (Å²) < 4.78 is 6.88. The Bertz CT molecular complexity index is 3220. The fourth-order valence-corrected chi connectivity index (χ4v) is 8.57. The van der Waals surface area contributed by atoms with Gasteiger partial charge in [-0.3, -0.25) is 0 Å². The van der Waals surface area contributed by atoms with Gasteiger partial charge in [0.05, 0.1) is 5.69 Å². The molecular weight excluding hydrogens is 679 g/mol. The predicted octanol–water partition coefficient (Wildman–Crippen LogP) is 15.5. The van der Waals surface area contributed by atoms with E-state index in [0.717, 1.165) is 55.5 Å². The second kappa shape index (κ2) is 13.2. The molecule has 0 amide bonds. The van der Waals surface area contributed by atoms with Crippen molar-refractivity contribution < 1.29 is 4.42 Å². The molecule has 56 heavy (non-hydrogen) atoms. The number of hydrogen-bond donors (Lipinski definition) is 0. The Morgan fingerprint density at radius 1 is 0.286 bits per heavy atom. The third-order valence-corrected chi connectivity index (χ3v) is 11.2. The minimum atomic E-state index is 0.902. The molecule has 1 heterocycles. The zero-order valence-corrected chi connectivity index (χ0v) is 30.6. The summed E-state index contributed by atoms with van der Waals surface area (Å²) in [5.74, 6) is 0. The van der Waals surface area contributed by atoms with Crippen LogP contribution in [0.1, 0.15) is 0 Å². The highest BCUT2D eigenvalue weighted by Gasteiger charge is 2.20. The molecule has 262 valence electrons. The molecule has 0 atom stereocenters. The van der Waals surface area contributed by atoms with E-state index in [9.17, 15) is 0 Å². The largest absolute Gasteiger partial charge is 0.455 e. The van der Waals surface area contributed by atoms with Crippen LogP contribution in [0.4, 0.5) is 17.1 Å². The van der Waals surface area contributed by atoms with Gasteiger partial charge in [-0.2, -0.15) is 0 Å². The number of rotatable bonds is 6. The summed E-state index contributed by atoms with van der Waals surface area (Å²) in [5, 5.41) is 9.47. The molecule has 0 fully saturated rings. The van der Waals surface area contributed by atoms with Crippen molar-refractivity contribution in [1.29, 1.82) is 0 Å². The fraction of sp³-hybridized carbons (Fsp3) is 0. The van der Waals surface area contributed by atoms with Crippen LogP contribution in [0.25, 0.3) is 87.6 Å². The van der Waals surface area contributed by atoms with Gasteiger partial charge in [0.1, 0.15) is 11.2 Å². The summed E-state index contributed by atoms with van der Waals surface area (Å²) in [5.41, 5.74) is 12.1. The highest BCUT2D eigenvalue weighted by atomic mass is 16.3. The van der Waals surface area contributed by atoms with Crippen molar-refractivity contribution in [3.63, 3.8) is 0 Å². The molecule has 2 heteroatoms. The van der Waals surface area contributed by atoms with Gasteiger partial charge in [-0.1, -0.05) is 176 Å². The predicted molar refractivity (Wildman–Crippen MR) is 237 cm³/mol. The van der Waals surface area contributed by atoms with Crippen LogP contribution in [0.2, 0.25) is 0 Å². The zero-order chi connectivity index (χ0) is 37.0. The maximum absolute atomic E-state index is 6.88. The minimum absolute atomic E-state index is 0.902. The normalized spacial score (nSPS) is 11.6. The fourth-order valence-electron chi connectivity index (χ4n) is 8.57. The lowest BCUT2D eigenvalue weighted by atomic mass is 9.95. The van der Waals surface area contributed by atoms with E-state index in [1.54, 1.807) is 0 Å². The molecule has 11 aromatic rings. The van der Waals surface area contributed by atoms with Gasteiger partial charge in [-0.15, -0.1) is 0 Å². The highest BCUT2D eigenvalue weighted by molar-refractivity contribution is 6.21. The molecule has 0 saturated carbocycles. The number of fused-ring (bicyclic) bond motifs is 8. The topological polar surface area (TPSA) is 16.4 Å². The van der Waals surface area contributed by atoms with E-state index in [2.05, 4.69) is 217 Å². The van der Waals surface area contributed by atoms with Crippen LogP contribution in [0, 0.1) is 0 Å². The van der Waals surface area contributed by atoms with Gasteiger partial charge in [0.2, 0.25) is 0 Å². The van der Waals surface area contributed by atoms with Crippen LogP contribution >= 0.6 is 0 Å². The van der Waals surface area contributed by atoms with E-state index < -0.39 is 0 Å². The van der Waals surface area contributed by atoms with Crippen molar-refractivity contribution in [3.8, 4) is 33.4 Å². The Morgan fingerprint density at radius 2 is 0.786 bits per heavy atom. The number of hydrogen-bond acceptors (Lipinski definition) is 2. The van der Waals surface area contributed by atoms with Crippen molar-refractivity contribution in [3.05, 3.63) is 212 Å². The molecule has 0 saturated heterocycles. The second-order valence-electron chi connectivity index (χ2n) is 14.5. The van der Waals surface area contributed by atoms with Crippen molar-refractivity contribution in [2.24, 2.45) is 0 Å². The lowest BCUT2D eigenvalue weighted by molar-refractivity contribution is 0.674. The van der Waals surface area contributed by atoms with Gasteiger partial charge in [-0.25, -0.2) is 0 Å². The first-order valence-corrected chi connectivity index (χ1v) is 19.2. The number of nitrogens with zero attached hydrogens (tertiary/aromatic N) is 1. The van der Waals surface area contributed by atoms with E-state index in [0.29, 0.717) is 0 Å². The first kappa shape index (κ1) is 32.0. The van der Waals surface area contributed by atoms with E-state index in [1.165, 1.54) is 49.2 Å². The molecule has 0 unspecified atom stereocenters. The van der Waals surface area contributed by atoms with Crippen molar-refractivity contribution >= 4 is 71.3 Å². The molecule has 11 rings (SSSR count). The minimum Gasteiger partial charge on any atom is -0.455 e. The quantitative estimate of drug-likeness (QED) is 0.160. The molecule has 0 aliphatic carbocycles. The van der Waals surface area contributed by atoms with Crippen molar-refractivity contribution in [1.82, 2.24) is 0 Å². The maximum Gasteiger partial charge on any atom is 0.143 e. The third-order valence-electron chi connectivity index (χ3n) is 11.2. The van der Waals surface area contributed by atoms with Gasteiger partial charge in [0, 0.05) is 38.5 Å². The Balaban J connectivity index is 1.07. The van der Waals surface area contributed by atoms with Gasteiger partial charge in [-0.05, 0) is 85.8 Å². The van der Waals surface area contributed by atoms with Crippen LogP contribution in [0.15, 0.2) is 217 Å². The van der Waals surface area contributed by atoms with Crippen molar-refractivity contribution in [2.45, 2.75) is 0 Å². The van der Waals surface area contributed by atoms with Crippen LogP contribution < -0.4 is 4.90 Å². The molecule has 0 radical (unpaired) electrons. The molecule has 0 spiro atoms. The van der Waals surface area contributed by atoms with Gasteiger partial charge in [0.25, 0.3) is 0 Å². The molecular formula is C54H35NO. The lowest BCUT2D eigenvalue weighted by Gasteiger charge is -2.28. The monoisotopic (exact) mass is 713 g/mol. The standard InChI is InChI=1S/C54H35NO/c1-3-14-36(15-4-1)37-26-30-41(31-27-37)55(52-34-40-18-7-8-19-43(40)45-20-9-11-22-47(45)52)42-32-28-39(29-33-42)44-24-13-25-49-51-35-50(38-16-5-2-6-17-38)46-21-10-12-23-48(46)54(51)56-53(44)49/h1-35H. The summed E-state index contributed by atoms with van der Waals surface area (Å²) in [7, 11) is 0. The summed E-state index contributed by atoms with van der Waals surface area (Å²) >= 11 is 0. The second-order valence-corrected chi connectivity index (χ2v) is 14.5. The number of anilines is 3. The van der Waals surface area contributed by atoms with Crippen LogP contribution in [-0.2, 0) is 0 Å². The number of para-hydroxylation sites is 1. The van der Waals surface area contributed by atoms with Crippen LogP contribution in [0.5, 0.6) is 0 Å². The smallest absolute Gasteiger partial charge is 0.143 e. The molecule has 0 aliphatic rings.